The topological polar surface area (TPSA) is 9.23 Å². The standard InChI is InChI=1S/C8H15O/c1-3-7-4-5-8(6-7)9-2/h7-8H,1,3-6H2,2H3. The van der Waals surface area contributed by atoms with Crippen LogP contribution < -0.4 is 0 Å². The zero-order valence-corrected chi connectivity index (χ0v) is 6.10. The second-order valence-corrected chi connectivity index (χ2v) is 2.83. The molecular weight excluding hydrogens is 112 g/mol. The van der Waals surface area contributed by atoms with Crippen molar-refractivity contribution in [2.24, 2.45) is 5.92 Å². The van der Waals surface area contributed by atoms with Crippen LogP contribution in [0.2, 0.25) is 0 Å². The molecule has 1 aliphatic carbocycles. The average molecular weight is 127 g/mol. The summed E-state index contributed by atoms with van der Waals surface area (Å²) in [6.45, 7) is 3.88. The van der Waals surface area contributed by atoms with Gasteiger partial charge in [0.25, 0.3) is 0 Å². The van der Waals surface area contributed by atoms with E-state index in [4.69, 9.17) is 4.74 Å². The molecule has 0 aromatic rings. The minimum atomic E-state index is 0.539. The van der Waals surface area contributed by atoms with Crippen LogP contribution in [0.25, 0.3) is 0 Å². The Morgan fingerprint density at radius 1 is 1.56 bits per heavy atom. The molecule has 0 N–H and O–H groups in total. The third-order valence-electron chi connectivity index (χ3n) is 2.23. The van der Waals surface area contributed by atoms with Gasteiger partial charge in [-0.3, -0.25) is 0 Å². The Hall–Kier alpha value is -0.0400. The van der Waals surface area contributed by atoms with Crippen molar-refractivity contribution in [3.63, 3.8) is 0 Å². The van der Waals surface area contributed by atoms with E-state index in [1.54, 1.807) is 7.11 Å². The predicted octanol–water partition coefficient (Wildman–Crippen LogP) is 2.03. The zero-order valence-electron chi connectivity index (χ0n) is 6.10. The quantitative estimate of drug-likeness (QED) is 0.551. The molecule has 2 atom stereocenters. The number of hydrogen-bond donors (Lipinski definition) is 0. The third kappa shape index (κ3) is 1.68. The highest BCUT2D eigenvalue weighted by Gasteiger charge is 2.22. The van der Waals surface area contributed by atoms with Gasteiger partial charge in [0.2, 0.25) is 0 Å². The van der Waals surface area contributed by atoms with E-state index in [1.807, 2.05) is 0 Å². The molecule has 0 aliphatic heterocycles. The molecule has 0 aromatic heterocycles. The molecule has 1 aliphatic rings. The van der Waals surface area contributed by atoms with E-state index in [-0.39, 0.29) is 0 Å². The summed E-state index contributed by atoms with van der Waals surface area (Å²) in [5.74, 6) is 0.843. The summed E-state index contributed by atoms with van der Waals surface area (Å²) >= 11 is 0. The van der Waals surface area contributed by atoms with Gasteiger partial charge in [-0.15, -0.1) is 0 Å². The predicted molar refractivity (Wildman–Crippen MR) is 38.1 cm³/mol. The van der Waals surface area contributed by atoms with Crippen molar-refractivity contribution < 1.29 is 4.74 Å². The SMILES string of the molecule is [CH2]CC1CCC(OC)C1. The Morgan fingerprint density at radius 2 is 2.33 bits per heavy atom. The molecule has 0 aromatic carbocycles. The molecule has 0 bridgehead atoms. The van der Waals surface area contributed by atoms with Gasteiger partial charge in [-0.1, -0.05) is 13.3 Å². The second-order valence-electron chi connectivity index (χ2n) is 2.83. The number of methoxy groups -OCH3 is 1. The first kappa shape index (κ1) is 7.07. The van der Waals surface area contributed by atoms with E-state index in [2.05, 4.69) is 6.92 Å². The van der Waals surface area contributed by atoms with Crippen molar-refractivity contribution >= 4 is 0 Å². The molecule has 1 radical (unpaired) electrons. The smallest absolute Gasteiger partial charge is 0.0574 e. The highest BCUT2D eigenvalue weighted by molar-refractivity contribution is 4.75. The molecule has 1 saturated carbocycles. The number of ether oxygens (including phenoxy) is 1. The second kappa shape index (κ2) is 3.21. The molecule has 0 amide bonds. The van der Waals surface area contributed by atoms with E-state index >= 15 is 0 Å². The molecule has 9 heavy (non-hydrogen) atoms. The van der Waals surface area contributed by atoms with E-state index in [9.17, 15) is 0 Å². The normalized spacial score (nSPS) is 35.3. The molecule has 1 rings (SSSR count). The monoisotopic (exact) mass is 127 g/mol. The zero-order chi connectivity index (χ0) is 6.69. The fourth-order valence-electron chi connectivity index (χ4n) is 1.51. The van der Waals surface area contributed by atoms with E-state index in [0.717, 1.165) is 12.3 Å². The van der Waals surface area contributed by atoms with Gasteiger partial charge < -0.3 is 4.74 Å². The van der Waals surface area contributed by atoms with Gasteiger partial charge in [0.1, 0.15) is 0 Å². The molecule has 1 fully saturated rings. The average Bonchev–Trinajstić information content (AvgIpc) is 2.34. The van der Waals surface area contributed by atoms with Gasteiger partial charge in [0.05, 0.1) is 6.10 Å². The lowest BCUT2D eigenvalue weighted by molar-refractivity contribution is 0.105. The van der Waals surface area contributed by atoms with Crippen molar-refractivity contribution in [3.05, 3.63) is 6.92 Å². The fourth-order valence-corrected chi connectivity index (χ4v) is 1.51. The van der Waals surface area contributed by atoms with Crippen LogP contribution in [0.1, 0.15) is 25.7 Å². The van der Waals surface area contributed by atoms with Crippen LogP contribution in [0, 0.1) is 12.8 Å². The fraction of sp³-hybridized carbons (Fsp3) is 0.875. The van der Waals surface area contributed by atoms with Gasteiger partial charge >= 0.3 is 0 Å². The summed E-state index contributed by atoms with van der Waals surface area (Å²) in [4.78, 5) is 0. The van der Waals surface area contributed by atoms with Crippen molar-refractivity contribution in [2.45, 2.75) is 31.8 Å². The lowest BCUT2D eigenvalue weighted by Crippen LogP contribution is -2.04. The van der Waals surface area contributed by atoms with Crippen LogP contribution in [0.5, 0.6) is 0 Å². The van der Waals surface area contributed by atoms with Crippen molar-refractivity contribution in [3.8, 4) is 0 Å². The lowest BCUT2D eigenvalue weighted by Gasteiger charge is -2.06. The van der Waals surface area contributed by atoms with E-state index < -0.39 is 0 Å². The lowest BCUT2D eigenvalue weighted by atomic mass is 10.1. The van der Waals surface area contributed by atoms with Gasteiger partial charge in [0, 0.05) is 7.11 Å². The van der Waals surface area contributed by atoms with Crippen LogP contribution in [0.3, 0.4) is 0 Å². The molecule has 0 heterocycles. The third-order valence-corrected chi connectivity index (χ3v) is 2.23. The largest absolute Gasteiger partial charge is 0.381 e. The highest BCUT2D eigenvalue weighted by Crippen LogP contribution is 2.29. The highest BCUT2D eigenvalue weighted by atomic mass is 16.5. The first-order chi connectivity index (χ1) is 4.36. The Labute approximate surface area is 57.4 Å². The molecule has 53 valence electrons. The summed E-state index contributed by atoms with van der Waals surface area (Å²) in [5, 5.41) is 0. The molecule has 2 unspecified atom stereocenters. The Bertz CT molecular complexity index is 70.6. The molecule has 1 heteroatoms. The summed E-state index contributed by atoms with van der Waals surface area (Å²) in [5.41, 5.74) is 0. The van der Waals surface area contributed by atoms with E-state index in [0.29, 0.717) is 6.10 Å². The van der Waals surface area contributed by atoms with Crippen LogP contribution >= 0.6 is 0 Å². The van der Waals surface area contributed by atoms with Gasteiger partial charge in [-0.05, 0) is 25.2 Å². The van der Waals surface area contributed by atoms with Crippen LogP contribution in [-0.4, -0.2) is 13.2 Å². The van der Waals surface area contributed by atoms with Gasteiger partial charge in [-0.25, -0.2) is 0 Å². The first-order valence-electron chi connectivity index (χ1n) is 3.69. The van der Waals surface area contributed by atoms with Crippen LogP contribution in [-0.2, 0) is 4.74 Å². The van der Waals surface area contributed by atoms with Crippen LogP contribution in [0.15, 0.2) is 0 Å². The maximum absolute atomic E-state index is 5.22. The van der Waals surface area contributed by atoms with Crippen molar-refractivity contribution in [1.29, 1.82) is 0 Å². The summed E-state index contributed by atoms with van der Waals surface area (Å²) < 4.78 is 5.22. The maximum Gasteiger partial charge on any atom is 0.0574 e. The summed E-state index contributed by atoms with van der Waals surface area (Å²) in [6.07, 6.45) is 5.43. The summed E-state index contributed by atoms with van der Waals surface area (Å²) in [7, 11) is 1.80. The number of hydrogen-bond acceptors (Lipinski definition) is 1. The summed E-state index contributed by atoms with van der Waals surface area (Å²) in [6, 6.07) is 0. The minimum absolute atomic E-state index is 0.539. The number of rotatable bonds is 2. The minimum Gasteiger partial charge on any atom is -0.381 e. The van der Waals surface area contributed by atoms with Crippen molar-refractivity contribution in [1.82, 2.24) is 0 Å². The molecule has 0 saturated heterocycles. The van der Waals surface area contributed by atoms with Crippen LogP contribution in [0.4, 0.5) is 0 Å². The Balaban J connectivity index is 2.20. The Morgan fingerprint density at radius 3 is 2.67 bits per heavy atom. The van der Waals surface area contributed by atoms with Gasteiger partial charge in [0.15, 0.2) is 0 Å². The van der Waals surface area contributed by atoms with Gasteiger partial charge in [-0.2, -0.15) is 0 Å². The van der Waals surface area contributed by atoms with E-state index in [1.165, 1.54) is 19.3 Å². The van der Waals surface area contributed by atoms with Crippen molar-refractivity contribution in [2.75, 3.05) is 7.11 Å². The molecule has 0 spiro atoms. The Kier molecular flexibility index (Phi) is 2.52. The maximum atomic E-state index is 5.22. The molecule has 1 nitrogen and oxygen atoms in total. The first-order valence-corrected chi connectivity index (χ1v) is 3.69. The molecular formula is C8H15O.